The van der Waals surface area contributed by atoms with E-state index in [0.717, 1.165) is 41.3 Å². The van der Waals surface area contributed by atoms with E-state index in [1.54, 1.807) is 4.90 Å². The first-order valence-corrected chi connectivity index (χ1v) is 12.4. The van der Waals surface area contributed by atoms with Crippen LogP contribution in [0.15, 0.2) is 54.6 Å². The van der Waals surface area contributed by atoms with Crippen molar-refractivity contribution >= 4 is 23.6 Å². The van der Waals surface area contributed by atoms with Crippen molar-refractivity contribution in [3.63, 3.8) is 0 Å². The van der Waals surface area contributed by atoms with Gasteiger partial charge in [0.05, 0.1) is 32.0 Å². The summed E-state index contributed by atoms with van der Waals surface area (Å²) in [5.74, 6) is 1.40. The van der Waals surface area contributed by atoms with Crippen LogP contribution >= 0.6 is 0 Å². The zero-order valence-electron chi connectivity index (χ0n) is 20.8. The molecule has 1 fully saturated rings. The van der Waals surface area contributed by atoms with Gasteiger partial charge in [-0.2, -0.15) is 0 Å². The highest BCUT2D eigenvalue weighted by Gasteiger charge is 2.32. The fourth-order valence-electron chi connectivity index (χ4n) is 4.38. The number of hydrogen-bond donors (Lipinski definition) is 2. The molecule has 3 heterocycles. The highest BCUT2D eigenvalue weighted by atomic mass is 16.6. The molecule has 2 aromatic carbocycles. The van der Waals surface area contributed by atoms with Crippen molar-refractivity contribution in [2.75, 3.05) is 43.1 Å². The molecule has 37 heavy (non-hydrogen) atoms. The second-order valence-corrected chi connectivity index (χ2v) is 8.85. The summed E-state index contributed by atoms with van der Waals surface area (Å²) in [6, 6.07) is 16.8. The maximum Gasteiger partial charge on any atom is 0.410 e. The van der Waals surface area contributed by atoms with Crippen molar-refractivity contribution < 1.29 is 19.1 Å². The van der Waals surface area contributed by atoms with Crippen LogP contribution < -0.4 is 15.5 Å². The zero-order valence-corrected chi connectivity index (χ0v) is 20.8. The smallest absolute Gasteiger partial charge is 0.410 e. The van der Waals surface area contributed by atoms with E-state index >= 15 is 0 Å². The van der Waals surface area contributed by atoms with Crippen molar-refractivity contribution in [1.82, 2.24) is 20.2 Å². The Labute approximate surface area is 215 Å². The highest BCUT2D eigenvalue weighted by Crippen LogP contribution is 2.33. The number of nitrogens with one attached hydrogen (secondary N) is 2. The molecular weight excluding hydrogens is 472 g/mol. The number of anilines is 2. The minimum Gasteiger partial charge on any atom is -0.445 e. The van der Waals surface area contributed by atoms with Crippen LogP contribution in [0.1, 0.15) is 23.7 Å². The summed E-state index contributed by atoms with van der Waals surface area (Å²) in [4.78, 5) is 38.3. The van der Waals surface area contributed by atoms with E-state index < -0.39 is 0 Å². The Morgan fingerprint density at radius 1 is 1.00 bits per heavy atom. The van der Waals surface area contributed by atoms with Gasteiger partial charge in [0.15, 0.2) is 5.82 Å². The number of carbonyl (C=O) groups excluding carboxylic acids is 2. The minimum absolute atomic E-state index is 0.219. The summed E-state index contributed by atoms with van der Waals surface area (Å²) in [5, 5.41) is 5.51. The lowest BCUT2D eigenvalue weighted by Crippen LogP contribution is -2.37. The number of nitrogens with zero attached hydrogens (tertiary/aromatic N) is 4. The molecule has 2 N–H and O–H groups in total. The normalized spacial score (nSPS) is 14.7. The first-order valence-electron chi connectivity index (χ1n) is 12.4. The van der Waals surface area contributed by atoms with Crippen molar-refractivity contribution in [1.29, 1.82) is 0 Å². The van der Waals surface area contributed by atoms with Crippen molar-refractivity contribution in [3.05, 3.63) is 71.4 Å². The van der Waals surface area contributed by atoms with Gasteiger partial charge in [-0.1, -0.05) is 30.3 Å². The van der Waals surface area contributed by atoms with Crippen LogP contribution in [0.5, 0.6) is 0 Å². The van der Waals surface area contributed by atoms with E-state index in [1.165, 1.54) is 0 Å². The number of rotatable bonds is 6. The van der Waals surface area contributed by atoms with Gasteiger partial charge < -0.3 is 25.0 Å². The number of fused-ring (bicyclic) bond motifs is 1. The van der Waals surface area contributed by atoms with Crippen LogP contribution in [0.2, 0.25) is 0 Å². The highest BCUT2D eigenvalue weighted by molar-refractivity contribution is 5.89. The fourth-order valence-corrected chi connectivity index (χ4v) is 4.38. The number of urea groups is 1. The average molecular weight is 503 g/mol. The molecule has 10 nitrogen and oxygen atoms in total. The SMILES string of the molecule is CCNC(=O)Nc1ccc(-c2nc3c(c(N4CCOCC4)n2)CN(C(=O)OCc2ccccc2)C3)cc1. The molecule has 3 aromatic rings. The molecule has 1 saturated heterocycles. The van der Waals surface area contributed by atoms with E-state index in [-0.39, 0.29) is 18.7 Å². The first kappa shape index (κ1) is 24.5. The third kappa shape index (κ3) is 5.80. The van der Waals surface area contributed by atoms with E-state index in [4.69, 9.17) is 19.4 Å². The van der Waals surface area contributed by atoms with Gasteiger partial charge in [0.2, 0.25) is 0 Å². The van der Waals surface area contributed by atoms with Gasteiger partial charge in [0, 0.05) is 36.4 Å². The third-order valence-electron chi connectivity index (χ3n) is 6.27. The molecule has 0 saturated carbocycles. The lowest BCUT2D eigenvalue weighted by atomic mass is 10.1. The zero-order chi connectivity index (χ0) is 25.6. The Morgan fingerprint density at radius 3 is 2.49 bits per heavy atom. The summed E-state index contributed by atoms with van der Waals surface area (Å²) in [7, 11) is 0. The third-order valence-corrected chi connectivity index (χ3v) is 6.27. The Hall–Kier alpha value is -4.18. The number of amides is 3. The summed E-state index contributed by atoms with van der Waals surface area (Å²) >= 11 is 0. The van der Waals surface area contributed by atoms with Gasteiger partial charge in [-0.3, -0.25) is 4.90 Å². The maximum atomic E-state index is 12.9. The predicted octanol–water partition coefficient (Wildman–Crippen LogP) is 3.77. The second-order valence-electron chi connectivity index (χ2n) is 8.85. The largest absolute Gasteiger partial charge is 0.445 e. The molecule has 2 aliphatic heterocycles. The molecule has 10 heteroatoms. The quantitative estimate of drug-likeness (QED) is 0.528. The van der Waals surface area contributed by atoms with Crippen LogP contribution in [0.25, 0.3) is 11.4 Å². The number of benzene rings is 2. The number of morpholine rings is 1. The molecule has 5 rings (SSSR count). The monoisotopic (exact) mass is 502 g/mol. The van der Waals surface area contributed by atoms with Crippen LogP contribution in [0, 0.1) is 0 Å². The molecule has 1 aromatic heterocycles. The van der Waals surface area contributed by atoms with Crippen molar-refractivity contribution in [2.45, 2.75) is 26.6 Å². The summed E-state index contributed by atoms with van der Waals surface area (Å²) in [5.41, 5.74) is 4.19. The molecule has 3 amide bonds. The lowest BCUT2D eigenvalue weighted by molar-refractivity contribution is 0.0952. The summed E-state index contributed by atoms with van der Waals surface area (Å²) in [6.07, 6.45) is -0.378. The van der Waals surface area contributed by atoms with Gasteiger partial charge in [0.1, 0.15) is 12.4 Å². The lowest BCUT2D eigenvalue weighted by Gasteiger charge is -2.29. The van der Waals surface area contributed by atoms with Crippen LogP contribution in [-0.2, 0) is 29.2 Å². The van der Waals surface area contributed by atoms with Gasteiger partial charge in [0.25, 0.3) is 0 Å². The van der Waals surface area contributed by atoms with Gasteiger partial charge in [-0.15, -0.1) is 0 Å². The molecule has 0 spiro atoms. The number of ether oxygens (including phenoxy) is 2. The Balaban J connectivity index is 1.37. The van der Waals surface area contributed by atoms with Crippen LogP contribution in [0.4, 0.5) is 21.1 Å². The van der Waals surface area contributed by atoms with E-state index in [0.29, 0.717) is 44.4 Å². The average Bonchev–Trinajstić information content (AvgIpc) is 3.37. The van der Waals surface area contributed by atoms with Crippen LogP contribution in [0.3, 0.4) is 0 Å². The Kier molecular flexibility index (Phi) is 7.46. The first-order chi connectivity index (χ1) is 18.1. The van der Waals surface area contributed by atoms with Crippen molar-refractivity contribution in [2.24, 2.45) is 0 Å². The number of aromatic nitrogens is 2. The number of hydrogen-bond acceptors (Lipinski definition) is 7. The van der Waals surface area contributed by atoms with Crippen LogP contribution in [-0.4, -0.2) is 59.8 Å². The molecule has 192 valence electrons. The topological polar surface area (TPSA) is 109 Å². The number of carbonyl (C=O) groups is 2. The minimum atomic E-state index is -0.378. The molecule has 2 aliphatic rings. The Bertz CT molecular complexity index is 1250. The van der Waals surface area contributed by atoms with E-state index in [9.17, 15) is 9.59 Å². The molecule has 0 aliphatic carbocycles. The second kappa shape index (κ2) is 11.3. The molecule has 0 radical (unpaired) electrons. The molecular formula is C27H30N6O4. The fraction of sp³-hybridized carbons (Fsp3) is 0.333. The van der Waals surface area contributed by atoms with Gasteiger partial charge in [-0.25, -0.2) is 19.6 Å². The predicted molar refractivity (Wildman–Crippen MR) is 139 cm³/mol. The maximum absolute atomic E-state index is 12.9. The van der Waals surface area contributed by atoms with Gasteiger partial charge >= 0.3 is 12.1 Å². The molecule has 0 atom stereocenters. The van der Waals surface area contributed by atoms with Crippen molar-refractivity contribution in [3.8, 4) is 11.4 Å². The molecule has 0 bridgehead atoms. The van der Waals surface area contributed by atoms with Gasteiger partial charge in [-0.05, 0) is 36.8 Å². The standard InChI is InChI=1S/C27H30N6O4/c1-2-28-26(34)29-21-10-8-20(9-11-21)24-30-23-17-33(27(35)37-18-19-6-4-3-5-7-19)16-22(23)25(31-24)32-12-14-36-15-13-32/h3-11H,2,12-18H2,1H3,(H2,28,29,34). The summed E-state index contributed by atoms with van der Waals surface area (Å²) < 4.78 is 11.1. The molecule has 0 unspecified atom stereocenters. The van der Waals surface area contributed by atoms with E-state index in [1.807, 2.05) is 61.5 Å². The summed E-state index contributed by atoms with van der Waals surface area (Å²) in [6.45, 7) is 6.06. The Morgan fingerprint density at radius 2 is 1.76 bits per heavy atom. The van der Waals surface area contributed by atoms with E-state index in [2.05, 4.69) is 15.5 Å².